The van der Waals surface area contributed by atoms with Gasteiger partial charge in [0.2, 0.25) is 11.8 Å². The first kappa shape index (κ1) is 25.7. The van der Waals surface area contributed by atoms with Crippen molar-refractivity contribution in [3.63, 3.8) is 0 Å². The molecule has 5 rings (SSSR count). The topological polar surface area (TPSA) is 84.0 Å². The molecule has 1 saturated heterocycles. The maximum Gasteiger partial charge on any atom is 0.421 e. The summed E-state index contributed by atoms with van der Waals surface area (Å²) in [6.07, 6.45) is -1.06. The van der Waals surface area contributed by atoms with Crippen molar-refractivity contribution in [1.29, 1.82) is 0 Å². The van der Waals surface area contributed by atoms with Crippen LogP contribution < -0.4 is 9.80 Å². The minimum atomic E-state index is -1.63. The monoisotopic (exact) mass is 530 g/mol. The number of benzene rings is 3. The number of rotatable bonds is 3. The molecule has 3 aromatic rings. The van der Waals surface area contributed by atoms with Gasteiger partial charge in [-0.3, -0.25) is 19.3 Å². The second kappa shape index (κ2) is 9.10. The molecule has 1 fully saturated rings. The second-order valence-corrected chi connectivity index (χ2v) is 11.1. The fourth-order valence-corrected chi connectivity index (χ4v) is 5.61. The fraction of sp³-hybridized carbons (Fsp3) is 0.267. The lowest BCUT2D eigenvalue weighted by molar-refractivity contribution is -0.130. The van der Waals surface area contributed by atoms with E-state index in [1.165, 1.54) is 6.07 Å². The summed E-state index contributed by atoms with van der Waals surface area (Å²) in [6.45, 7) is 7.02. The Balaban J connectivity index is 1.74. The fourth-order valence-electron chi connectivity index (χ4n) is 5.43. The molecule has 2 atom stereocenters. The quantitative estimate of drug-likeness (QED) is 0.400. The van der Waals surface area contributed by atoms with E-state index in [-0.39, 0.29) is 6.42 Å². The van der Waals surface area contributed by atoms with E-state index in [9.17, 15) is 19.2 Å². The van der Waals surface area contributed by atoms with Gasteiger partial charge in [-0.25, -0.2) is 9.69 Å². The SMILES string of the molecule is Cc1ccc2c(c1)C(c1ccccc1)([C@@H]1CC(=O)N(c3cccc(Cl)c3)C1=O)C(=O)N2C(=O)OC(C)(C)C. The molecule has 194 valence electrons. The Morgan fingerprint density at radius 1 is 0.974 bits per heavy atom. The van der Waals surface area contributed by atoms with E-state index in [1.54, 1.807) is 81.4 Å². The third-order valence-electron chi connectivity index (χ3n) is 6.90. The van der Waals surface area contributed by atoms with Crippen LogP contribution in [-0.4, -0.2) is 29.4 Å². The van der Waals surface area contributed by atoms with E-state index in [4.69, 9.17) is 16.3 Å². The molecule has 0 aromatic heterocycles. The predicted octanol–water partition coefficient (Wildman–Crippen LogP) is 5.80. The maximum atomic E-state index is 14.6. The van der Waals surface area contributed by atoms with Crippen LogP contribution in [0.2, 0.25) is 5.02 Å². The first-order valence-corrected chi connectivity index (χ1v) is 12.7. The average molecular weight is 531 g/mol. The zero-order chi connectivity index (χ0) is 27.4. The lowest BCUT2D eigenvalue weighted by Gasteiger charge is -2.34. The van der Waals surface area contributed by atoms with Gasteiger partial charge < -0.3 is 4.74 Å². The highest BCUT2D eigenvalue weighted by molar-refractivity contribution is 6.32. The number of hydrogen-bond donors (Lipinski definition) is 0. The Labute approximate surface area is 225 Å². The number of nitrogens with zero attached hydrogens (tertiary/aromatic N) is 2. The van der Waals surface area contributed by atoms with Crippen LogP contribution in [0.4, 0.5) is 16.2 Å². The largest absolute Gasteiger partial charge is 0.443 e. The zero-order valence-electron chi connectivity index (χ0n) is 21.5. The van der Waals surface area contributed by atoms with Crippen molar-refractivity contribution in [2.75, 3.05) is 9.80 Å². The van der Waals surface area contributed by atoms with Gasteiger partial charge in [-0.2, -0.15) is 0 Å². The van der Waals surface area contributed by atoms with E-state index in [2.05, 4.69) is 0 Å². The van der Waals surface area contributed by atoms with Crippen LogP contribution in [-0.2, 0) is 24.5 Å². The van der Waals surface area contributed by atoms with Crippen molar-refractivity contribution in [3.8, 4) is 0 Å². The molecule has 0 bridgehead atoms. The Bertz CT molecular complexity index is 1480. The van der Waals surface area contributed by atoms with Crippen LogP contribution in [0.1, 0.15) is 43.9 Å². The van der Waals surface area contributed by atoms with Gasteiger partial charge in [0.15, 0.2) is 0 Å². The molecular formula is C30H27ClN2O5. The smallest absolute Gasteiger partial charge is 0.421 e. The molecule has 0 aliphatic carbocycles. The molecule has 2 aliphatic rings. The Morgan fingerprint density at radius 2 is 1.68 bits per heavy atom. The van der Waals surface area contributed by atoms with Crippen LogP contribution in [0.25, 0.3) is 0 Å². The number of carbonyl (C=O) groups excluding carboxylic acids is 4. The molecule has 0 N–H and O–H groups in total. The van der Waals surface area contributed by atoms with Crippen LogP contribution in [0.3, 0.4) is 0 Å². The van der Waals surface area contributed by atoms with Crippen LogP contribution in [0.15, 0.2) is 72.8 Å². The van der Waals surface area contributed by atoms with Gasteiger partial charge in [0.05, 0.1) is 17.3 Å². The summed E-state index contributed by atoms with van der Waals surface area (Å²) in [6, 6.07) is 20.6. The maximum absolute atomic E-state index is 14.6. The average Bonchev–Trinajstić information content (AvgIpc) is 3.28. The Morgan fingerprint density at radius 3 is 2.34 bits per heavy atom. The molecule has 0 radical (unpaired) electrons. The summed E-state index contributed by atoms with van der Waals surface area (Å²) in [7, 11) is 0. The predicted molar refractivity (Wildman–Crippen MR) is 144 cm³/mol. The van der Waals surface area contributed by atoms with Gasteiger partial charge in [-0.1, -0.05) is 65.7 Å². The highest BCUT2D eigenvalue weighted by Gasteiger charge is 2.64. The van der Waals surface area contributed by atoms with Crippen molar-refractivity contribution in [2.45, 2.75) is 45.1 Å². The molecule has 3 aromatic carbocycles. The van der Waals surface area contributed by atoms with Crippen LogP contribution in [0.5, 0.6) is 0 Å². The summed E-state index contributed by atoms with van der Waals surface area (Å²) < 4.78 is 5.61. The van der Waals surface area contributed by atoms with Gasteiger partial charge in [0, 0.05) is 11.4 Å². The van der Waals surface area contributed by atoms with Crippen molar-refractivity contribution in [3.05, 3.63) is 94.5 Å². The molecule has 8 heteroatoms. The summed E-state index contributed by atoms with van der Waals surface area (Å²) in [5.74, 6) is -2.71. The number of fused-ring (bicyclic) bond motifs is 1. The van der Waals surface area contributed by atoms with E-state index in [0.29, 0.717) is 27.5 Å². The molecule has 2 heterocycles. The minimum absolute atomic E-state index is 0.221. The minimum Gasteiger partial charge on any atom is -0.443 e. The molecule has 2 aliphatic heterocycles. The summed E-state index contributed by atoms with van der Waals surface area (Å²) in [5.41, 5.74) is 0.0202. The van der Waals surface area contributed by atoms with Crippen molar-refractivity contribution in [2.24, 2.45) is 5.92 Å². The summed E-state index contributed by atoms with van der Waals surface area (Å²) >= 11 is 6.16. The lowest BCUT2D eigenvalue weighted by atomic mass is 9.65. The Kier molecular flexibility index (Phi) is 6.15. The molecule has 0 spiro atoms. The van der Waals surface area contributed by atoms with Crippen molar-refractivity contribution in [1.82, 2.24) is 0 Å². The van der Waals surface area contributed by atoms with Gasteiger partial charge in [0.25, 0.3) is 5.91 Å². The van der Waals surface area contributed by atoms with Gasteiger partial charge in [0.1, 0.15) is 11.0 Å². The van der Waals surface area contributed by atoms with E-state index >= 15 is 0 Å². The van der Waals surface area contributed by atoms with E-state index in [0.717, 1.165) is 15.4 Å². The lowest BCUT2D eigenvalue weighted by Crippen LogP contribution is -2.51. The number of halogens is 1. The van der Waals surface area contributed by atoms with Gasteiger partial charge >= 0.3 is 6.09 Å². The number of anilines is 2. The molecule has 7 nitrogen and oxygen atoms in total. The van der Waals surface area contributed by atoms with Crippen LogP contribution >= 0.6 is 11.6 Å². The number of hydrogen-bond acceptors (Lipinski definition) is 5. The number of carbonyl (C=O) groups is 4. The highest BCUT2D eigenvalue weighted by Crippen LogP contribution is 2.54. The summed E-state index contributed by atoms with van der Waals surface area (Å²) in [5, 5.41) is 0.373. The third kappa shape index (κ3) is 3.98. The first-order chi connectivity index (χ1) is 17.9. The van der Waals surface area contributed by atoms with Crippen molar-refractivity contribution >= 4 is 46.8 Å². The normalized spacial score (nSPS) is 21.2. The number of aryl methyl sites for hydroxylation is 1. The first-order valence-electron chi connectivity index (χ1n) is 12.3. The van der Waals surface area contributed by atoms with E-state index < -0.39 is 40.7 Å². The zero-order valence-corrected chi connectivity index (χ0v) is 22.3. The number of imide groups is 2. The highest BCUT2D eigenvalue weighted by atomic mass is 35.5. The molecule has 1 unspecified atom stereocenters. The van der Waals surface area contributed by atoms with Gasteiger partial charge in [-0.15, -0.1) is 0 Å². The third-order valence-corrected chi connectivity index (χ3v) is 7.13. The Hall–Kier alpha value is -3.97. The van der Waals surface area contributed by atoms with Gasteiger partial charge in [-0.05, 0) is 63.1 Å². The van der Waals surface area contributed by atoms with E-state index in [1.807, 2.05) is 13.0 Å². The van der Waals surface area contributed by atoms with Crippen LogP contribution in [0, 0.1) is 12.8 Å². The number of ether oxygens (including phenoxy) is 1. The summed E-state index contributed by atoms with van der Waals surface area (Å²) in [4.78, 5) is 57.6. The standard InChI is InChI=1S/C30H27ClN2O5/c1-18-13-14-24-22(15-18)30(19-9-6-5-7-10-19,27(36)33(24)28(37)38-29(2,3)4)23-17-25(34)32(26(23)35)21-12-8-11-20(31)16-21/h5-16,23H,17H2,1-4H3/t23-,30?/m1/s1. The second-order valence-electron chi connectivity index (χ2n) is 10.6. The van der Waals surface area contributed by atoms with Crippen molar-refractivity contribution < 1.29 is 23.9 Å². The molecule has 4 amide bonds. The molecule has 38 heavy (non-hydrogen) atoms. The molecular weight excluding hydrogens is 504 g/mol. The molecule has 0 saturated carbocycles. The number of amides is 4.